The fourth-order valence-corrected chi connectivity index (χ4v) is 4.23. The maximum absolute atomic E-state index is 12.7. The van der Waals surface area contributed by atoms with Crippen LogP contribution >= 0.6 is 23.1 Å². The fraction of sp³-hybridized carbons (Fsp3) is 0.316. The van der Waals surface area contributed by atoms with Crippen LogP contribution in [0.15, 0.2) is 47.5 Å². The number of carbonyl (C=O) groups is 1. The lowest BCUT2D eigenvalue weighted by Gasteiger charge is -2.16. The molecule has 2 heterocycles. The Morgan fingerprint density at radius 3 is 2.85 bits per heavy atom. The molecule has 6 nitrogen and oxygen atoms in total. The Morgan fingerprint density at radius 2 is 2.15 bits per heavy atom. The number of nitrogens with zero attached hydrogens (tertiary/aromatic N) is 2. The SMILES string of the molecule is CSCCC(CO)NC(=O)Cn1cnc2sc(-c3ccccc3)cc2c1=O. The van der Waals surface area contributed by atoms with Crippen LogP contribution in [-0.4, -0.2) is 45.2 Å². The highest BCUT2D eigenvalue weighted by Gasteiger charge is 2.14. The molecule has 0 spiro atoms. The number of hydrogen-bond acceptors (Lipinski definition) is 6. The second kappa shape index (κ2) is 9.16. The van der Waals surface area contributed by atoms with Crippen molar-refractivity contribution in [2.45, 2.75) is 19.0 Å². The number of aliphatic hydroxyl groups is 1. The van der Waals surface area contributed by atoms with E-state index in [-0.39, 0.29) is 30.7 Å². The summed E-state index contributed by atoms with van der Waals surface area (Å²) in [5.41, 5.74) is 0.794. The van der Waals surface area contributed by atoms with Gasteiger partial charge in [0.05, 0.1) is 24.4 Å². The van der Waals surface area contributed by atoms with Crippen molar-refractivity contribution in [3.05, 3.63) is 53.1 Å². The summed E-state index contributed by atoms with van der Waals surface area (Å²) < 4.78 is 1.31. The number of aliphatic hydroxyl groups excluding tert-OH is 1. The van der Waals surface area contributed by atoms with Crippen molar-refractivity contribution in [1.82, 2.24) is 14.9 Å². The van der Waals surface area contributed by atoms with Gasteiger partial charge in [-0.2, -0.15) is 11.8 Å². The predicted octanol–water partition coefficient (Wildman–Crippen LogP) is 2.36. The summed E-state index contributed by atoms with van der Waals surface area (Å²) >= 11 is 3.11. The predicted molar refractivity (Wildman–Crippen MR) is 111 cm³/mol. The lowest BCUT2D eigenvalue weighted by molar-refractivity contribution is -0.122. The Hall–Kier alpha value is -2.16. The smallest absolute Gasteiger partial charge is 0.262 e. The molecule has 8 heteroatoms. The molecule has 27 heavy (non-hydrogen) atoms. The van der Waals surface area contributed by atoms with Gasteiger partial charge in [0.2, 0.25) is 5.91 Å². The third-order valence-corrected chi connectivity index (χ3v) is 5.88. The van der Waals surface area contributed by atoms with E-state index in [0.717, 1.165) is 16.2 Å². The largest absolute Gasteiger partial charge is 0.394 e. The molecule has 3 rings (SSSR count). The number of carbonyl (C=O) groups excluding carboxylic acids is 1. The number of fused-ring (bicyclic) bond motifs is 1. The van der Waals surface area contributed by atoms with Crippen molar-refractivity contribution < 1.29 is 9.90 Å². The van der Waals surface area contributed by atoms with Gasteiger partial charge in [-0.3, -0.25) is 14.2 Å². The molecule has 0 aliphatic rings. The highest BCUT2D eigenvalue weighted by atomic mass is 32.2. The molecule has 1 unspecified atom stereocenters. The van der Waals surface area contributed by atoms with E-state index in [4.69, 9.17) is 0 Å². The average molecular weight is 404 g/mol. The summed E-state index contributed by atoms with van der Waals surface area (Å²) in [5.74, 6) is 0.535. The first-order valence-electron chi connectivity index (χ1n) is 8.56. The zero-order chi connectivity index (χ0) is 19.2. The average Bonchev–Trinajstić information content (AvgIpc) is 3.13. The Morgan fingerprint density at radius 1 is 1.37 bits per heavy atom. The number of thioether (sulfide) groups is 1. The topological polar surface area (TPSA) is 84.2 Å². The van der Waals surface area contributed by atoms with Crippen LogP contribution in [-0.2, 0) is 11.3 Å². The maximum Gasteiger partial charge on any atom is 0.262 e. The molecule has 142 valence electrons. The second-order valence-electron chi connectivity index (χ2n) is 6.10. The molecule has 0 fully saturated rings. The van der Waals surface area contributed by atoms with Crippen LogP contribution in [0.1, 0.15) is 6.42 Å². The number of amides is 1. The lowest BCUT2D eigenvalue weighted by atomic mass is 10.2. The first-order chi connectivity index (χ1) is 13.1. The summed E-state index contributed by atoms with van der Waals surface area (Å²) in [6, 6.07) is 11.3. The monoisotopic (exact) mass is 403 g/mol. The normalized spacial score (nSPS) is 12.2. The van der Waals surface area contributed by atoms with Crippen LogP contribution in [0, 0.1) is 0 Å². The number of hydrogen-bond donors (Lipinski definition) is 2. The first-order valence-corrected chi connectivity index (χ1v) is 10.8. The minimum Gasteiger partial charge on any atom is -0.394 e. The van der Waals surface area contributed by atoms with E-state index in [0.29, 0.717) is 16.6 Å². The Balaban J connectivity index is 1.78. The minimum absolute atomic E-state index is 0.117. The third-order valence-electron chi connectivity index (χ3n) is 4.15. The summed E-state index contributed by atoms with van der Waals surface area (Å²) in [6.45, 7) is -0.239. The van der Waals surface area contributed by atoms with Gasteiger partial charge in [0, 0.05) is 4.88 Å². The van der Waals surface area contributed by atoms with Crippen LogP contribution < -0.4 is 10.9 Å². The molecule has 0 aliphatic heterocycles. The van der Waals surface area contributed by atoms with E-state index >= 15 is 0 Å². The van der Waals surface area contributed by atoms with Crippen LogP contribution in [0.5, 0.6) is 0 Å². The quantitative estimate of drug-likeness (QED) is 0.603. The molecule has 0 aliphatic carbocycles. The Kier molecular flexibility index (Phi) is 6.65. The number of thiophene rings is 1. The van der Waals surface area contributed by atoms with Crippen molar-refractivity contribution in [3.63, 3.8) is 0 Å². The number of aromatic nitrogens is 2. The molecular weight excluding hydrogens is 382 g/mol. The maximum atomic E-state index is 12.7. The molecule has 0 bridgehead atoms. The van der Waals surface area contributed by atoms with Crippen LogP contribution in [0.4, 0.5) is 0 Å². The standard InChI is InChI=1S/C19H21N3O3S2/c1-26-8-7-14(11-23)21-17(24)10-22-12-20-18-15(19(22)25)9-16(27-18)13-5-3-2-4-6-13/h2-6,9,12,14,23H,7-8,10-11H2,1H3,(H,21,24). The molecular formula is C19H21N3O3S2. The van der Waals surface area contributed by atoms with Gasteiger partial charge < -0.3 is 10.4 Å². The zero-order valence-electron chi connectivity index (χ0n) is 14.9. The van der Waals surface area contributed by atoms with Crippen molar-refractivity contribution in [2.24, 2.45) is 0 Å². The van der Waals surface area contributed by atoms with Crippen LogP contribution in [0.25, 0.3) is 20.7 Å². The molecule has 2 N–H and O–H groups in total. The van der Waals surface area contributed by atoms with E-state index in [1.165, 1.54) is 22.2 Å². The van der Waals surface area contributed by atoms with Crippen molar-refractivity contribution >= 4 is 39.2 Å². The fourth-order valence-electron chi connectivity index (χ4n) is 2.71. The highest BCUT2D eigenvalue weighted by molar-refractivity contribution is 7.98. The van der Waals surface area contributed by atoms with Gasteiger partial charge in [0.15, 0.2) is 0 Å². The van der Waals surface area contributed by atoms with Gasteiger partial charge in [-0.25, -0.2) is 4.98 Å². The van der Waals surface area contributed by atoms with E-state index in [1.807, 2.05) is 42.7 Å². The number of nitrogens with one attached hydrogen (secondary N) is 1. The first kappa shape index (κ1) is 19.6. The Bertz CT molecular complexity index is 969. The van der Waals surface area contributed by atoms with E-state index in [9.17, 15) is 14.7 Å². The highest BCUT2D eigenvalue weighted by Crippen LogP contribution is 2.30. The molecule has 1 aromatic carbocycles. The van der Waals surface area contributed by atoms with Crippen LogP contribution in [0.3, 0.4) is 0 Å². The van der Waals surface area contributed by atoms with Gasteiger partial charge in [-0.15, -0.1) is 11.3 Å². The van der Waals surface area contributed by atoms with E-state index in [1.54, 1.807) is 11.8 Å². The lowest BCUT2D eigenvalue weighted by Crippen LogP contribution is -2.41. The summed E-state index contributed by atoms with van der Waals surface area (Å²) in [6.07, 6.45) is 4.06. The van der Waals surface area contributed by atoms with Crippen molar-refractivity contribution in [2.75, 3.05) is 18.6 Å². The Labute approximate surface area is 165 Å². The molecule has 0 saturated heterocycles. The minimum atomic E-state index is -0.308. The second-order valence-corrected chi connectivity index (χ2v) is 8.12. The van der Waals surface area contributed by atoms with Gasteiger partial charge in [0.25, 0.3) is 5.56 Å². The third kappa shape index (κ3) is 4.77. The molecule has 0 saturated carbocycles. The van der Waals surface area contributed by atoms with Crippen LogP contribution in [0.2, 0.25) is 0 Å². The van der Waals surface area contributed by atoms with Gasteiger partial charge in [0.1, 0.15) is 11.4 Å². The molecule has 2 aromatic heterocycles. The molecule has 1 amide bonds. The number of benzene rings is 1. The summed E-state index contributed by atoms with van der Waals surface area (Å²) in [5, 5.41) is 12.6. The molecule has 3 aromatic rings. The zero-order valence-corrected chi connectivity index (χ0v) is 16.6. The van der Waals surface area contributed by atoms with E-state index in [2.05, 4.69) is 10.3 Å². The molecule has 0 radical (unpaired) electrons. The van der Waals surface area contributed by atoms with Gasteiger partial charge in [-0.1, -0.05) is 30.3 Å². The van der Waals surface area contributed by atoms with Crippen molar-refractivity contribution in [3.8, 4) is 10.4 Å². The number of rotatable bonds is 8. The van der Waals surface area contributed by atoms with E-state index < -0.39 is 0 Å². The molecule has 1 atom stereocenters. The van der Waals surface area contributed by atoms with Crippen molar-refractivity contribution in [1.29, 1.82) is 0 Å². The van der Waals surface area contributed by atoms with Gasteiger partial charge >= 0.3 is 0 Å². The summed E-state index contributed by atoms with van der Waals surface area (Å²) in [7, 11) is 0. The summed E-state index contributed by atoms with van der Waals surface area (Å²) in [4.78, 5) is 30.9. The van der Waals surface area contributed by atoms with Gasteiger partial charge in [-0.05, 0) is 30.1 Å².